The fourth-order valence-corrected chi connectivity index (χ4v) is 3.99. The van der Waals surface area contributed by atoms with Gasteiger partial charge in [0.25, 0.3) is 5.56 Å². The molecular weight excluding hydrogens is 328 g/mol. The molecule has 26 heavy (non-hydrogen) atoms. The van der Waals surface area contributed by atoms with Crippen molar-refractivity contribution in [3.63, 3.8) is 0 Å². The average molecular weight is 348 g/mol. The molecule has 0 saturated carbocycles. The van der Waals surface area contributed by atoms with Gasteiger partial charge in [-0.15, -0.1) is 0 Å². The molecule has 1 aromatic carbocycles. The van der Waals surface area contributed by atoms with E-state index in [-0.39, 0.29) is 17.0 Å². The first-order valence-corrected chi connectivity index (χ1v) is 8.64. The van der Waals surface area contributed by atoms with Crippen molar-refractivity contribution in [1.29, 1.82) is 0 Å². The van der Waals surface area contributed by atoms with E-state index in [1.807, 2.05) is 19.1 Å². The van der Waals surface area contributed by atoms with Gasteiger partial charge in [-0.3, -0.25) is 9.78 Å². The monoisotopic (exact) mass is 348 g/mol. The molecule has 0 radical (unpaired) electrons. The van der Waals surface area contributed by atoms with Crippen molar-refractivity contribution in [2.45, 2.75) is 26.2 Å². The lowest BCUT2D eigenvalue weighted by Crippen LogP contribution is -2.30. The summed E-state index contributed by atoms with van der Waals surface area (Å²) >= 11 is 0. The van der Waals surface area contributed by atoms with E-state index in [0.717, 1.165) is 40.0 Å². The Hall–Kier alpha value is -2.95. The minimum absolute atomic E-state index is 0.0709. The van der Waals surface area contributed by atoms with Gasteiger partial charge >= 0.3 is 5.97 Å². The number of methoxy groups -OCH3 is 1. The first-order valence-electron chi connectivity index (χ1n) is 8.64. The highest BCUT2D eigenvalue weighted by atomic mass is 16.5. The van der Waals surface area contributed by atoms with Gasteiger partial charge in [-0.1, -0.05) is 31.2 Å². The Morgan fingerprint density at radius 1 is 1.27 bits per heavy atom. The summed E-state index contributed by atoms with van der Waals surface area (Å²) in [6.07, 6.45) is 0.814. The molecule has 0 spiro atoms. The second-order valence-electron chi connectivity index (χ2n) is 6.89. The van der Waals surface area contributed by atoms with Gasteiger partial charge in [-0.25, -0.2) is 4.79 Å². The highest BCUT2D eigenvalue weighted by molar-refractivity contribution is 5.94. The maximum absolute atomic E-state index is 12.7. The Bertz CT molecular complexity index is 1130. The van der Waals surface area contributed by atoms with Crippen molar-refractivity contribution < 1.29 is 9.53 Å². The zero-order chi connectivity index (χ0) is 18.6. The fraction of sp³-hybridized carbons (Fsp3) is 0.286. The number of hydrogen-bond acceptors (Lipinski definition) is 4. The Morgan fingerprint density at radius 2 is 1.96 bits per heavy atom. The van der Waals surface area contributed by atoms with Gasteiger partial charge in [0.1, 0.15) is 5.56 Å². The lowest BCUT2D eigenvalue weighted by Gasteiger charge is -2.28. The molecule has 5 nitrogen and oxygen atoms in total. The summed E-state index contributed by atoms with van der Waals surface area (Å²) in [5.41, 5.74) is 4.40. The minimum atomic E-state index is -0.603. The molecule has 5 heteroatoms. The third-order valence-electron chi connectivity index (χ3n) is 5.32. The quantitative estimate of drug-likeness (QED) is 0.633. The lowest BCUT2D eigenvalue weighted by molar-refractivity contribution is 0.0598. The van der Waals surface area contributed by atoms with Gasteiger partial charge in [0.15, 0.2) is 0 Å². The molecule has 2 heterocycles. The smallest absolute Gasteiger partial charge is 0.343 e. The van der Waals surface area contributed by atoms with Crippen LogP contribution in [0.25, 0.3) is 22.2 Å². The summed E-state index contributed by atoms with van der Waals surface area (Å²) in [5, 5.41) is 2.31. The number of benzene rings is 1. The summed E-state index contributed by atoms with van der Waals surface area (Å²) in [6, 6.07) is 9.92. The van der Waals surface area contributed by atoms with Crippen molar-refractivity contribution in [3.05, 3.63) is 63.1 Å². The van der Waals surface area contributed by atoms with E-state index in [0.29, 0.717) is 0 Å². The minimum Gasteiger partial charge on any atom is -0.465 e. The molecule has 2 aromatic heterocycles. The summed E-state index contributed by atoms with van der Waals surface area (Å²) in [5.74, 6) is -0.435. The lowest BCUT2D eigenvalue weighted by atomic mass is 9.81. The molecule has 0 amide bonds. The molecule has 0 bridgehead atoms. The Morgan fingerprint density at radius 3 is 2.65 bits per heavy atom. The number of carbonyl (C=O) groups excluding carboxylic acids is 1. The number of ether oxygens (including phenoxy) is 1. The van der Waals surface area contributed by atoms with Crippen molar-refractivity contribution in [2.24, 2.45) is 7.05 Å². The second-order valence-corrected chi connectivity index (χ2v) is 6.89. The van der Waals surface area contributed by atoms with E-state index in [1.165, 1.54) is 17.1 Å². The maximum atomic E-state index is 12.7. The molecule has 1 atom stereocenters. The van der Waals surface area contributed by atoms with E-state index in [9.17, 15) is 9.59 Å². The van der Waals surface area contributed by atoms with Crippen LogP contribution in [0.5, 0.6) is 0 Å². The predicted octanol–water partition coefficient (Wildman–Crippen LogP) is 3.36. The zero-order valence-corrected chi connectivity index (χ0v) is 15.3. The highest BCUT2D eigenvalue weighted by Crippen LogP contribution is 2.41. The van der Waals surface area contributed by atoms with Crippen LogP contribution in [0.1, 0.15) is 40.0 Å². The van der Waals surface area contributed by atoms with E-state index >= 15 is 0 Å². The molecule has 1 aliphatic carbocycles. The number of pyridine rings is 2. The number of rotatable bonds is 1. The van der Waals surface area contributed by atoms with E-state index in [2.05, 4.69) is 19.1 Å². The number of carbonyl (C=O) groups is 1. The summed E-state index contributed by atoms with van der Waals surface area (Å²) in [7, 11) is 2.98. The third-order valence-corrected chi connectivity index (χ3v) is 5.32. The van der Waals surface area contributed by atoms with Crippen molar-refractivity contribution in [1.82, 2.24) is 9.55 Å². The van der Waals surface area contributed by atoms with Crippen LogP contribution in [0.3, 0.4) is 0 Å². The second kappa shape index (κ2) is 5.80. The van der Waals surface area contributed by atoms with E-state index in [1.54, 1.807) is 13.1 Å². The third kappa shape index (κ3) is 2.20. The molecule has 0 aliphatic heterocycles. The number of aryl methyl sites for hydroxylation is 1. The summed E-state index contributed by atoms with van der Waals surface area (Å²) < 4.78 is 6.32. The van der Waals surface area contributed by atoms with Gasteiger partial charge in [-0.05, 0) is 41.8 Å². The van der Waals surface area contributed by atoms with Gasteiger partial charge in [0.05, 0.1) is 18.5 Å². The van der Waals surface area contributed by atoms with Crippen molar-refractivity contribution in [2.75, 3.05) is 7.11 Å². The molecule has 132 valence electrons. The Kier molecular flexibility index (Phi) is 3.68. The van der Waals surface area contributed by atoms with Crippen LogP contribution < -0.4 is 5.56 Å². The molecule has 0 N–H and O–H groups in total. The van der Waals surface area contributed by atoms with Crippen LogP contribution >= 0.6 is 0 Å². The van der Waals surface area contributed by atoms with Crippen molar-refractivity contribution in [3.8, 4) is 11.4 Å². The predicted molar refractivity (Wildman–Crippen MR) is 101 cm³/mol. The van der Waals surface area contributed by atoms with Gasteiger partial charge in [0, 0.05) is 18.1 Å². The fourth-order valence-electron chi connectivity index (χ4n) is 3.99. The Labute approximate surface area is 151 Å². The molecule has 0 saturated heterocycles. The van der Waals surface area contributed by atoms with Crippen LogP contribution in [0, 0.1) is 6.92 Å². The standard InChI is InChI=1S/C21H20N2O3/c1-11-9-16-14-8-6-5-7-13(14)12(2)22-18(16)19-15(11)10-17(21(25)26-4)20(24)23(19)3/h5-8,10-11H,9H2,1-4H3. The first-order chi connectivity index (χ1) is 12.4. The topological polar surface area (TPSA) is 61.2 Å². The Balaban J connectivity index is 2.11. The molecular formula is C21H20N2O3. The van der Waals surface area contributed by atoms with Crippen LogP contribution in [-0.4, -0.2) is 22.6 Å². The van der Waals surface area contributed by atoms with Crippen LogP contribution in [0.15, 0.2) is 35.1 Å². The van der Waals surface area contributed by atoms with Gasteiger partial charge in [-0.2, -0.15) is 0 Å². The molecule has 1 unspecified atom stereocenters. The number of fused-ring (bicyclic) bond motifs is 5. The molecule has 0 fully saturated rings. The molecule has 1 aliphatic rings. The number of nitrogens with zero attached hydrogens (tertiary/aromatic N) is 2. The molecule has 3 aromatic rings. The van der Waals surface area contributed by atoms with Crippen LogP contribution in [-0.2, 0) is 18.2 Å². The molecule has 4 rings (SSSR count). The first kappa shape index (κ1) is 16.5. The summed E-state index contributed by atoms with van der Waals surface area (Å²) in [4.78, 5) is 29.6. The number of esters is 1. The summed E-state index contributed by atoms with van der Waals surface area (Å²) in [6.45, 7) is 4.10. The largest absolute Gasteiger partial charge is 0.465 e. The van der Waals surface area contributed by atoms with Crippen molar-refractivity contribution >= 4 is 16.7 Å². The van der Waals surface area contributed by atoms with E-state index in [4.69, 9.17) is 9.72 Å². The van der Waals surface area contributed by atoms with Crippen LogP contribution in [0.2, 0.25) is 0 Å². The van der Waals surface area contributed by atoms with Crippen LogP contribution in [0.4, 0.5) is 0 Å². The normalized spacial score (nSPS) is 15.5. The SMILES string of the molecule is COC(=O)c1cc2c(n(C)c1=O)-c1nc(C)c3ccccc3c1CC2C. The van der Waals surface area contributed by atoms with E-state index < -0.39 is 5.97 Å². The maximum Gasteiger partial charge on any atom is 0.343 e. The van der Waals surface area contributed by atoms with Gasteiger partial charge < -0.3 is 9.30 Å². The number of aromatic nitrogens is 2. The highest BCUT2D eigenvalue weighted by Gasteiger charge is 2.30. The van der Waals surface area contributed by atoms with Gasteiger partial charge in [0.2, 0.25) is 0 Å². The number of hydrogen-bond donors (Lipinski definition) is 0. The average Bonchev–Trinajstić information content (AvgIpc) is 2.65. The zero-order valence-electron chi connectivity index (χ0n) is 15.3.